The van der Waals surface area contributed by atoms with Crippen molar-refractivity contribution in [2.24, 2.45) is 5.73 Å². The molecule has 14 heavy (non-hydrogen) atoms. The number of nitrogens with zero attached hydrogens (tertiary/aromatic N) is 1. The molecule has 4 heteroatoms. The highest BCUT2D eigenvalue weighted by Crippen LogP contribution is 2.27. The maximum absolute atomic E-state index is 5.54. The number of hydrogen-bond acceptors (Lipinski definition) is 4. The Bertz CT molecular complexity index is 279. The first-order valence-electron chi connectivity index (χ1n) is 5.26. The third-order valence-electron chi connectivity index (χ3n) is 2.80. The quantitative estimate of drug-likeness (QED) is 0.743. The number of aromatic nitrogens is 1. The summed E-state index contributed by atoms with van der Waals surface area (Å²) in [5.41, 5.74) is 6.73. The van der Waals surface area contributed by atoms with Crippen LogP contribution in [0.2, 0.25) is 0 Å². The van der Waals surface area contributed by atoms with Crippen molar-refractivity contribution in [1.82, 2.24) is 10.5 Å². The molecule has 0 saturated carbocycles. The Morgan fingerprint density at radius 3 is 3.00 bits per heavy atom. The second kappa shape index (κ2) is 4.57. The Balaban J connectivity index is 2.09. The first-order chi connectivity index (χ1) is 6.92. The van der Waals surface area contributed by atoms with Crippen molar-refractivity contribution in [3.63, 3.8) is 0 Å². The molecule has 0 aliphatic carbocycles. The molecule has 0 unspecified atom stereocenters. The lowest BCUT2D eigenvalue weighted by Crippen LogP contribution is -2.27. The van der Waals surface area contributed by atoms with Gasteiger partial charge in [0.05, 0.1) is 6.20 Å². The van der Waals surface area contributed by atoms with E-state index in [2.05, 4.69) is 10.5 Å². The van der Waals surface area contributed by atoms with E-state index in [0.29, 0.717) is 12.5 Å². The Morgan fingerprint density at radius 2 is 2.29 bits per heavy atom. The molecule has 2 heterocycles. The molecule has 3 N–H and O–H groups in total. The Morgan fingerprint density at radius 1 is 1.50 bits per heavy atom. The molecule has 78 valence electrons. The van der Waals surface area contributed by atoms with Crippen LogP contribution in [-0.2, 0) is 6.42 Å². The highest BCUT2D eigenvalue weighted by atomic mass is 16.5. The van der Waals surface area contributed by atoms with Crippen LogP contribution in [0.25, 0.3) is 0 Å². The fourth-order valence-corrected chi connectivity index (χ4v) is 2.03. The van der Waals surface area contributed by atoms with E-state index in [-0.39, 0.29) is 0 Å². The van der Waals surface area contributed by atoms with Crippen LogP contribution < -0.4 is 11.1 Å². The van der Waals surface area contributed by atoms with Crippen LogP contribution in [0.3, 0.4) is 0 Å². The van der Waals surface area contributed by atoms with E-state index in [9.17, 15) is 0 Å². The Kier molecular flexibility index (Phi) is 3.16. The summed E-state index contributed by atoms with van der Waals surface area (Å²) in [6, 6.07) is 0. The highest BCUT2D eigenvalue weighted by molar-refractivity contribution is 5.18. The Labute approximate surface area is 83.8 Å². The minimum atomic E-state index is 0.542. The molecule has 1 aliphatic rings. The standard InChI is InChI=1S/C10H17N3O/c11-4-1-9-7-13-14-10(9)8-2-5-12-6-3-8/h7-8,12H,1-6,11H2. The maximum atomic E-state index is 5.54. The third kappa shape index (κ3) is 1.96. The van der Waals surface area contributed by atoms with E-state index in [4.69, 9.17) is 10.3 Å². The maximum Gasteiger partial charge on any atom is 0.143 e. The van der Waals surface area contributed by atoms with E-state index in [1.165, 1.54) is 5.56 Å². The van der Waals surface area contributed by atoms with Crippen LogP contribution in [0.1, 0.15) is 30.1 Å². The average Bonchev–Trinajstić information content (AvgIpc) is 2.68. The first-order valence-corrected chi connectivity index (χ1v) is 5.26. The molecule has 1 fully saturated rings. The largest absolute Gasteiger partial charge is 0.361 e. The predicted molar refractivity (Wildman–Crippen MR) is 54.1 cm³/mol. The molecule has 1 saturated heterocycles. The zero-order valence-electron chi connectivity index (χ0n) is 8.33. The molecule has 0 bridgehead atoms. The lowest BCUT2D eigenvalue weighted by Gasteiger charge is -2.20. The lowest BCUT2D eigenvalue weighted by atomic mass is 9.92. The van der Waals surface area contributed by atoms with Crippen LogP contribution in [-0.4, -0.2) is 24.8 Å². The van der Waals surface area contributed by atoms with Crippen LogP contribution in [0.4, 0.5) is 0 Å². The molecule has 4 nitrogen and oxygen atoms in total. The van der Waals surface area contributed by atoms with E-state index in [1.54, 1.807) is 0 Å². The predicted octanol–water partition coefficient (Wildman–Crippen LogP) is 0.643. The van der Waals surface area contributed by atoms with Crippen molar-refractivity contribution in [1.29, 1.82) is 0 Å². The van der Waals surface area contributed by atoms with Gasteiger partial charge in [-0.1, -0.05) is 5.16 Å². The molecule has 1 aromatic heterocycles. The molecular weight excluding hydrogens is 178 g/mol. The second-order valence-electron chi connectivity index (χ2n) is 3.78. The van der Waals surface area contributed by atoms with Gasteiger partial charge in [-0.3, -0.25) is 0 Å². The summed E-state index contributed by atoms with van der Waals surface area (Å²) < 4.78 is 5.32. The van der Waals surface area contributed by atoms with Crippen LogP contribution >= 0.6 is 0 Å². The van der Waals surface area contributed by atoms with Gasteiger partial charge in [-0.2, -0.15) is 0 Å². The van der Waals surface area contributed by atoms with Crippen molar-refractivity contribution in [3.05, 3.63) is 17.5 Å². The number of hydrogen-bond donors (Lipinski definition) is 2. The minimum Gasteiger partial charge on any atom is -0.361 e. The molecule has 0 aromatic carbocycles. The van der Waals surface area contributed by atoms with E-state index in [1.807, 2.05) is 6.20 Å². The fourth-order valence-electron chi connectivity index (χ4n) is 2.03. The smallest absolute Gasteiger partial charge is 0.143 e. The molecule has 0 atom stereocenters. The summed E-state index contributed by atoms with van der Waals surface area (Å²) in [5.74, 6) is 1.61. The van der Waals surface area contributed by atoms with Gasteiger partial charge in [0.2, 0.25) is 0 Å². The van der Waals surface area contributed by atoms with Crippen LogP contribution in [0, 0.1) is 0 Å². The van der Waals surface area contributed by atoms with Gasteiger partial charge >= 0.3 is 0 Å². The zero-order chi connectivity index (χ0) is 9.80. The van der Waals surface area contributed by atoms with E-state index >= 15 is 0 Å². The van der Waals surface area contributed by atoms with Crippen LogP contribution in [0.5, 0.6) is 0 Å². The van der Waals surface area contributed by atoms with Crippen LogP contribution in [0.15, 0.2) is 10.7 Å². The highest BCUT2D eigenvalue weighted by Gasteiger charge is 2.21. The summed E-state index contributed by atoms with van der Waals surface area (Å²) in [4.78, 5) is 0. The molecular formula is C10H17N3O. The van der Waals surface area contributed by atoms with Gasteiger partial charge in [-0.25, -0.2) is 0 Å². The summed E-state index contributed by atoms with van der Waals surface area (Å²) in [7, 11) is 0. The van der Waals surface area contributed by atoms with Gasteiger partial charge in [0, 0.05) is 11.5 Å². The second-order valence-corrected chi connectivity index (χ2v) is 3.78. The van der Waals surface area contributed by atoms with E-state index in [0.717, 1.165) is 38.1 Å². The average molecular weight is 195 g/mol. The number of nitrogens with one attached hydrogen (secondary N) is 1. The lowest BCUT2D eigenvalue weighted by molar-refractivity contribution is 0.325. The van der Waals surface area contributed by atoms with Gasteiger partial charge in [0.15, 0.2) is 0 Å². The SMILES string of the molecule is NCCc1cnoc1C1CCNCC1. The van der Waals surface area contributed by atoms with Gasteiger partial charge in [0.1, 0.15) is 5.76 Å². The summed E-state index contributed by atoms with van der Waals surface area (Å²) in [6.45, 7) is 2.82. The number of nitrogens with two attached hydrogens (primary N) is 1. The van der Waals surface area contributed by atoms with Crippen molar-refractivity contribution in [2.45, 2.75) is 25.2 Å². The van der Waals surface area contributed by atoms with Crippen molar-refractivity contribution < 1.29 is 4.52 Å². The van der Waals surface area contributed by atoms with Gasteiger partial charge in [-0.15, -0.1) is 0 Å². The third-order valence-corrected chi connectivity index (χ3v) is 2.80. The molecule has 0 radical (unpaired) electrons. The zero-order valence-corrected chi connectivity index (χ0v) is 8.33. The molecule has 1 aromatic rings. The molecule has 0 amide bonds. The number of piperidine rings is 1. The normalized spacial score (nSPS) is 18.6. The summed E-state index contributed by atoms with van der Waals surface area (Å²) in [5, 5.41) is 7.21. The van der Waals surface area contributed by atoms with Gasteiger partial charge in [-0.05, 0) is 38.9 Å². The summed E-state index contributed by atoms with van der Waals surface area (Å²) >= 11 is 0. The number of rotatable bonds is 3. The monoisotopic (exact) mass is 195 g/mol. The minimum absolute atomic E-state index is 0.542. The topological polar surface area (TPSA) is 64.1 Å². The summed E-state index contributed by atoms with van der Waals surface area (Å²) in [6.07, 6.45) is 4.98. The van der Waals surface area contributed by atoms with Gasteiger partial charge in [0.25, 0.3) is 0 Å². The van der Waals surface area contributed by atoms with Gasteiger partial charge < -0.3 is 15.6 Å². The molecule has 0 spiro atoms. The van der Waals surface area contributed by atoms with Crippen molar-refractivity contribution in [3.8, 4) is 0 Å². The fraction of sp³-hybridized carbons (Fsp3) is 0.700. The van der Waals surface area contributed by atoms with Crippen molar-refractivity contribution in [2.75, 3.05) is 19.6 Å². The van der Waals surface area contributed by atoms with Crippen molar-refractivity contribution >= 4 is 0 Å². The molecule has 2 rings (SSSR count). The van der Waals surface area contributed by atoms with E-state index < -0.39 is 0 Å². The first kappa shape index (κ1) is 9.68. The Hall–Kier alpha value is -0.870. The molecule has 1 aliphatic heterocycles.